The van der Waals surface area contributed by atoms with E-state index in [0.717, 1.165) is 0 Å². The van der Waals surface area contributed by atoms with Gasteiger partial charge in [-0.3, -0.25) is 0 Å². The molecule has 8 heteroatoms. The molecule has 0 aliphatic carbocycles. The second kappa shape index (κ2) is 9.36. The van der Waals surface area contributed by atoms with Crippen LogP contribution in [0.5, 0.6) is 0 Å². The van der Waals surface area contributed by atoms with Gasteiger partial charge in [0.1, 0.15) is 0 Å². The topological polar surface area (TPSA) is 70.6 Å². The van der Waals surface area contributed by atoms with Crippen LogP contribution >= 0.6 is 0 Å². The third-order valence-corrected chi connectivity index (χ3v) is 3.00. The number of ether oxygens (including phenoxy) is 1. The number of amides is 2. The number of anilines is 1. The molecule has 5 nitrogen and oxygen atoms in total. The predicted molar refractivity (Wildman–Crippen MR) is 80.3 cm³/mol. The van der Waals surface area contributed by atoms with E-state index in [4.69, 9.17) is 4.74 Å². The Balaban J connectivity index is 2.40. The maximum absolute atomic E-state index is 12.2. The molecular formula is C15H21F3N2O3. The first kappa shape index (κ1) is 19.2. The van der Waals surface area contributed by atoms with E-state index in [2.05, 4.69) is 10.6 Å². The first-order chi connectivity index (χ1) is 10.8. The van der Waals surface area contributed by atoms with Gasteiger partial charge in [0, 0.05) is 25.8 Å². The summed E-state index contributed by atoms with van der Waals surface area (Å²) in [4.78, 5) is 11.7. The Morgan fingerprint density at radius 2 is 2.13 bits per heavy atom. The standard InChI is InChI=1S/C15H21F3N2O3/c1-23-10-13(21)6-8-19-14(22)20-12-4-2-3-11(9-12)5-7-15(16,17)18/h2-4,9,13,21H,5-8,10H2,1H3,(H2,19,20,22). The van der Waals surface area contributed by atoms with E-state index >= 15 is 0 Å². The fourth-order valence-electron chi connectivity index (χ4n) is 1.89. The molecule has 23 heavy (non-hydrogen) atoms. The van der Waals surface area contributed by atoms with Gasteiger partial charge < -0.3 is 20.5 Å². The van der Waals surface area contributed by atoms with Crippen molar-refractivity contribution in [2.24, 2.45) is 0 Å². The summed E-state index contributed by atoms with van der Waals surface area (Å²) < 4.78 is 41.4. The fourth-order valence-corrected chi connectivity index (χ4v) is 1.89. The van der Waals surface area contributed by atoms with Crippen molar-refractivity contribution < 1.29 is 27.8 Å². The number of rotatable bonds is 8. The summed E-state index contributed by atoms with van der Waals surface area (Å²) in [5.74, 6) is 0. The van der Waals surface area contributed by atoms with Crippen LogP contribution < -0.4 is 10.6 Å². The van der Waals surface area contributed by atoms with Crippen LogP contribution in [0, 0.1) is 0 Å². The van der Waals surface area contributed by atoms with Crippen LogP contribution in [0.3, 0.4) is 0 Å². The molecule has 2 amide bonds. The molecule has 1 aromatic carbocycles. The van der Waals surface area contributed by atoms with E-state index in [0.29, 0.717) is 17.7 Å². The van der Waals surface area contributed by atoms with Gasteiger partial charge in [0.05, 0.1) is 12.7 Å². The average Bonchev–Trinajstić information content (AvgIpc) is 2.45. The van der Waals surface area contributed by atoms with Crippen LogP contribution in [0.15, 0.2) is 24.3 Å². The van der Waals surface area contributed by atoms with Gasteiger partial charge in [0.2, 0.25) is 0 Å². The van der Waals surface area contributed by atoms with Crippen molar-refractivity contribution in [1.29, 1.82) is 0 Å². The Kier molecular flexibility index (Phi) is 7.84. The third-order valence-electron chi connectivity index (χ3n) is 3.00. The summed E-state index contributed by atoms with van der Waals surface area (Å²) in [7, 11) is 1.47. The minimum Gasteiger partial charge on any atom is -0.391 e. The Bertz CT molecular complexity index is 495. The SMILES string of the molecule is COCC(O)CCNC(=O)Nc1cccc(CCC(F)(F)F)c1. The van der Waals surface area contributed by atoms with Gasteiger partial charge in [0.15, 0.2) is 0 Å². The Labute approximate surface area is 132 Å². The van der Waals surface area contributed by atoms with Crippen LogP contribution in [0.2, 0.25) is 0 Å². The molecule has 0 aliphatic heterocycles. The van der Waals surface area contributed by atoms with Crippen LogP contribution in [0.25, 0.3) is 0 Å². The van der Waals surface area contributed by atoms with Crippen molar-refractivity contribution in [3.63, 3.8) is 0 Å². The summed E-state index contributed by atoms with van der Waals surface area (Å²) in [6.07, 6.45) is -5.56. The number of methoxy groups -OCH3 is 1. The number of aliphatic hydroxyl groups is 1. The molecule has 1 rings (SSSR count). The summed E-state index contributed by atoms with van der Waals surface area (Å²) in [5, 5.41) is 14.5. The Hall–Kier alpha value is -1.80. The summed E-state index contributed by atoms with van der Waals surface area (Å²) >= 11 is 0. The molecule has 0 aromatic heterocycles. The lowest BCUT2D eigenvalue weighted by Gasteiger charge is -2.12. The van der Waals surface area contributed by atoms with Gasteiger partial charge in [-0.2, -0.15) is 13.2 Å². The summed E-state index contributed by atoms with van der Waals surface area (Å²) in [6.45, 7) is 0.439. The predicted octanol–water partition coefficient (Wildman–Crippen LogP) is 2.70. The zero-order valence-electron chi connectivity index (χ0n) is 12.8. The van der Waals surface area contributed by atoms with Gasteiger partial charge in [-0.1, -0.05) is 12.1 Å². The Morgan fingerprint density at radius 3 is 2.78 bits per heavy atom. The molecule has 0 aliphatic rings. The molecule has 0 saturated heterocycles. The minimum absolute atomic E-state index is 0.135. The third kappa shape index (κ3) is 9.04. The second-order valence-corrected chi connectivity index (χ2v) is 5.09. The zero-order valence-corrected chi connectivity index (χ0v) is 12.8. The quantitative estimate of drug-likeness (QED) is 0.684. The monoisotopic (exact) mass is 334 g/mol. The van der Waals surface area contributed by atoms with Crippen molar-refractivity contribution in [2.45, 2.75) is 31.5 Å². The lowest BCUT2D eigenvalue weighted by Crippen LogP contribution is -2.32. The van der Waals surface area contributed by atoms with Crippen LogP contribution in [-0.2, 0) is 11.2 Å². The van der Waals surface area contributed by atoms with Crippen LogP contribution in [0.4, 0.5) is 23.7 Å². The van der Waals surface area contributed by atoms with E-state index in [1.807, 2.05) is 0 Å². The highest BCUT2D eigenvalue weighted by Gasteiger charge is 2.26. The number of aliphatic hydroxyl groups excluding tert-OH is 1. The molecule has 1 aromatic rings. The number of hydrogen-bond donors (Lipinski definition) is 3. The van der Waals surface area contributed by atoms with Gasteiger partial charge >= 0.3 is 12.2 Å². The zero-order chi connectivity index (χ0) is 17.3. The summed E-state index contributed by atoms with van der Waals surface area (Å²) in [6, 6.07) is 5.78. The van der Waals surface area contributed by atoms with E-state index < -0.39 is 24.7 Å². The van der Waals surface area contributed by atoms with Crippen LogP contribution in [-0.4, -0.2) is 43.7 Å². The number of aryl methyl sites for hydroxylation is 1. The highest BCUT2D eigenvalue weighted by atomic mass is 19.4. The lowest BCUT2D eigenvalue weighted by molar-refractivity contribution is -0.133. The molecule has 0 fully saturated rings. The molecule has 0 heterocycles. The van der Waals surface area contributed by atoms with Gasteiger partial charge in [-0.05, 0) is 30.5 Å². The second-order valence-electron chi connectivity index (χ2n) is 5.09. The maximum Gasteiger partial charge on any atom is 0.389 e. The van der Waals surface area contributed by atoms with Crippen molar-refractivity contribution in [2.75, 3.05) is 25.6 Å². The van der Waals surface area contributed by atoms with E-state index in [9.17, 15) is 23.1 Å². The number of nitrogens with one attached hydrogen (secondary N) is 2. The smallest absolute Gasteiger partial charge is 0.389 e. The number of halogens is 3. The normalized spacial score (nSPS) is 12.7. The molecule has 1 atom stereocenters. The van der Waals surface area contributed by atoms with E-state index in [-0.39, 0.29) is 19.6 Å². The molecule has 0 saturated carbocycles. The van der Waals surface area contributed by atoms with E-state index in [1.165, 1.54) is 13.2 Å². The van der Waals surface area contributed by atoms with Crippen molar-refractivity contribution >= 4 is 11.7 Å². The molecule has 0 bridgehead atoms. The fraction of sp³-hybridized carbons (Fsp3) is 0.533. The van der Waals surface area contributed by atoms with Gasteiger partial charge in [0.25, 0.3) is 0 Å². The number of hydrogen-bond acceptors (Lipinski definition) is 3. The molecule has 3 N–H and O–H groups in total. The molecule has 0 spiro atoms. The first-order valence-corrected chi connectivity index (χ1v) is 7.17. The number of urea groups is 1. The minimum atomic E-state index is -4.20. The number of carbonyl (C=O) groups is 1. The molecule has 130 valence electrons. The van der Waals surface area contributed by atoms with Gasteiger partial charge in [-0.25, -0.2) is 4.79 Å². The lowest BCUT2D eigenvalue weighted by atomic mass is 10.1. The average molecular weight is 334 g/mol. The Morgan fingerprint density at radius 1 is 1.39 bits per heavy atom. The van der Waals surface area contributed by atoms with Crippen LogP contribution in [0.1, 0.15) is 18.4 Å². The maximum atomic E-state index is 12.2. The van der Waals surface area contributed by atoms with Crippen molar-refractivity contribution in [3.05, 3.63) is 29.8 Å². The van der Waals surface area contributed by atoms with Crippen molar-refractivity contribution in [3.8, 4) is 0 Å². The van der Waals surface area contributed by atoms with Crippen molar-refractivity contribution in [1.82, 2.24) is 5.32 Å². The molecule has 1 unspecified atom stereocenters. The molecular weight excluding hydrogens is 313 g/mol. The largest absolute Gasteiger partial charge is 0.391 e. The number of alkyl halides is 3. The number of benzene rings is 1. The highest BCUT2D eigenvalue weighted by Crippen LogP contribution is 2.23. The van der Waals surface area contributed by atoms with Gasteiger partial charge in [-0.15, -0.1) is 0 Å². The first-order valence-electron chi connectivity index (χ1n) is 7.17. The molecule has 0 radical (unpaired) electrons. The summed E-state index contributed by atoms with van der Waals surface area (Å²) in [5.41, 5.74) is 0.912. The highest BCUT2D eigenvalue weighted by molar-refractivity contribution is 5.89. The van der Waals surface area contributed by atoms with E-state index in [1.54, 1.807) is 18.2 Å². The number of carbonyl (C=O) groups excluding carboxylic acids is 1.